The van der Waals surface area contributed by atoms with Gasteiger partial charge in [0.25, 0.3) is 0 Å². The molecular weight excluding hydrogens is 252 g/mol. The van der Waals surface area contributed by atoms with Gasteiger partial charge in [0.2, 0.25) is 0 Å². The van der Waals surface area contributed by atoms with Gasteiger partial charge in [-0.25, -0.2) is 4.98 Å². The zero-order valence-corrected chi connectivity index (χ0v) is 11.8. The van der Waals surface area contributed by atoms with Gasteiger partial charge in [0.15, 0.2) is 6.29 Å². The Kier molecular flexibility index (Phi) is 3.80. The Bertz CT molecular complexity index is 599. The molecule has 0 N–H and O–H groups in total. The lowest BCUT2D eigenvalue weighted by molar-refractivity contribution is 0.112. The predicted molar refractivity (Wildman–Crippen MR) is 78.2 cm³/mol. The van der Waals surface area contributed by atoms with Crippen LogP contribution in [0.15, 0.2) is 24.5 Å². The van der Waals surface area contributed by atoms with Crippen LogP contribution in [-0.4, -0.2) is 65.2 Å². The number of carbonyl (C=O) groups excluding carboxylic acids is 1. The first-order valence-electron chi connectivity index (χ1n) is 7.08. The van der Waals surface area contributed by atoms with E-state index >= 15 is 0 Å². The fourth-order valence-corrected chi connectivity index (χ4v) is 2.60. The fraction of sp³-hybridized carbons (Fsp3) is 0.467. The summed E-state index contributed by atoms with van der Waals surface area (Å²) in [6.07, 6.45) is 5.68. The number of hydrogen-bond donors (Lipinski definition) is 0. The maximum Gasteiger partial charge on any atom is 0.151 e. The van der Waals surface area contributed by atoms with Crippen molar-refractivity contribution in [2.75, 3.05) is 39.8 Å². The highest BCUT2D eigenvalue weighted by atomic mass is 16.1. The summed E-state index contributed by atoms with van der Waals surface area (Å²) in [7, 11) is 2.17. The van der Waals surface area contributed by atoms with Gasteiger partial charge in [0, 0.05) is 57.1 Å². The first kappa shape index (κ1) is 13.3. The molecule has 1 aliphatic heterocycles. The van der Waals surface area contributed by atoms with E-state index < -0.39 is 0 Å². The number of imidazole rings is 1. The molecule has 3 rings (SSSR count). The van der Waals surface area contributed by atoms with E-state index in [0.29, 0.717) is 5.56 Å². The van der Waals surface area contributed by atoms with Gasteiger partial charge in [-0.05, 0) is 19.2 Å². The molecule has 0 atom stereocenters. The normalized spacial score (nSPS) is 17.6. The molecule has 0 unspecified atom stereocenters. The molecule has 0 aliphatic carbocycles. The summed E-state index contributed by atoms with van der Waals surface area (Å²) in [6.45, 7) is 5.62. The molecule has 20 heavy (non-hydrogen) atoms. The molecule has 2 aromatic heterocycles. The second kappa shape index (κ2) is 5.73. The van der Waals surface area contributed by atoms with Gasteiger partial charge in [0.1, 0.15) is 5.65 Å². The summed E-state index contributed by atoms with van der Waals surface area (Å²) in [6, 6.07) is 3.70. The molecule has 3 heterocycles. The van der Waals surface area contributed by atoms with Crippen molar-refractivity contribution in [1.29, 1.82) is 0 Å². The quantitative estimate of drug-likeness (QED) is 0.777. The van der Waals surface area contributed by atoms with E-state index in [0.717, 1.165) is 56.8 Å². The minimum absolute atomic E-state index is 0.681. The minimum atomic E-state index is 0.681. The van der Waals surface area contributed by atoms with Crippen molar-refractivity contribution in [2.24, 2.45) is 0 Å². The molecular formula is C15H20N4O. The lowest BCUT2D eigenvalue weighted by atomic mass is 10.2. The van der Waals surface area contributed by atoms with Crippen LogP contribution in [0, 0.1) is 0 Å². The van der Waals surface area contributed by atoms with E-state index in [4.69, 9.17) is 0 Å². The number of hydrogen-bond acceptors (Lipinski definition) is 4. The molecule has 5 nitrogen and oxygen atoms in total. The van der Waals surface area contributed by atoms with E-state index in [1.807, 2.05) is 22.9 Å². The van der Waals surface area contributed by atoms with Crippen LogP contribution in [0.3, 0.4) is 0 Å². The average molecular weight is 272 g/mol. The third-order valence-corrected chi connectivity index (χ3v) is 3.94. The van der Waals surface area contributed by atoms with Crippen LogP contribution in [0.25, 0.3) is 5.65 Å². The molecule has 0 aromatic carbocycles. The van der Waals surface area contributed by atoms with Crippen molar-refractivity contribution in [2.45, 2.75) is 6.42 Å². The first-order chi connectivity index (χ1) is 9.74. The van der Waals surface area contributed by atoms with Gasteiger partial charge >= 0.3 is 0 Å². The molecule has 1 saturated heterocycles. The summed E-state index contributed by atoms with van der Waals surface area (Å²) in [4.78, 5) is 20.2. The van der Waals surface area contributed by atoms with Crippen molar-refractivity contribution >= 4 is 11.9 Å². The van der Waals surface area contributed by atoms with Gasteiger partial charge < -0.3 is 14.2 Å². The second-order valence-corrected chi connectivity index (χ2v) is 5.47. The van der Waals surface area contributed by atoms with Crippen molar-refractivity contribution in [1.82, 2.24) is 19.2 Å². The van der Waals surface area contributed by atoms with E-state index in [1.54, 1.807) is 6.07 Å². The monoisotopic (exact) mass is 272 g/mol. The standard InChI is InChI=1S/C15H20N4O/c1-17-6-8-18(9-7-17)5-4-14-11-19-10-13(12-20)2-3-15(19)16-14/h2-3,10-12H,4-9H2,1H3. The van der Waals surface area contributed by atoms with Crippen molar-refractivity contribution in [3.05, 3.63) is 35.8 Å². The number of likely N-dealkylation sites (N-methyl/N-ethyl adjacent to an activating group) is 1. The van der Waals surface area contributed by atoms with E-state index in [9.17, 15) is 4.79 Å². The van der Waals surface area contributed by atoms with E-state index in [2.05, 4.69) is 21.8 Å². The number of rotatable bonds is 4. The Morgan fingerprint density at radius 3 is 2.75 bits per heavy atom. The third-order valence-electron chi connectivity index (χ3n) is 3.94. The summed E-state index contributed by atoms with van der Waals surface area (Å²) < 4.78 is 1.93. The highest BCUT2D eigenvalue weighted by Gasteiger charge is 2.13. The number of carbonyl (C=O) groups is 1. The van der Waals surface area contributed by atoms with Crippen molar-refractivity contribution in [3.8, 4) is 0 Å². The van der Waals surface area contributed by atoms with Gasteiger partial charge in [0.05, 0.1) is 5.69 Å². The summed E-state index contributed by atoms with van der Waals surface area (Å²) in [5, 5.41) is 0. The van der Waals surface area contributed by atoms with Gasteiger partial charge in [-0.3, -0.25) is 4.79 Å². The van der Waals surface area contributed by atoms with Gasteiger partial charge in [-0.15, -0.1) is 0 Å². The Hall–Kier alpha value is -1.72. The van der Waals surface area contributed by atoms with E-state index in [1.165, 1.54) is 0 Å². The zero-order chi connectivity index (χ0) is 13.9. The largest absolute Gasteiger partial charge is 0.306 e. The maximum absolute atomic E-state index is 10.8. The first-order valence-corrected chi connectivity index (χ1v) is 7.08. The minimum Gasteiger partial charge on any atom is -0.306 e. The van der Waals surface area contributed by atoms with Gasteiger partial charge in [-0.2, -0.15) is 0 Å². The number of piperazine rings is 1. The Balaban J connectivity index is 1.64. The Morgan fingerprint density at radius 1 is 1.20 bits per heavy atom. The number of pyridine rings is 1. The number of fused-ring (bicyclic) bond motifs is 1. The highest BCUT2D eigenvalue weighted by molar-refractivity contribution is 5.74. The van der Waals surface area contributed by atoms with Gasteiger partial charge in [-0.1, -0.05) is 0 Å². The van der Waals surface area contributed by atoms with E-state index in [-0.39, 0.29) is 0 Å². The second-order valence-electron chi connectivity index (χ2n) is 5.47. The zero-order valence-electron chi connectivity index (χ0n) is 11.8. The SMILES string of the molecule is CN1CCN(CCc2cn3cc(C=O)ccc3n2)CC1. The Morgan fingerprint density at radius 2 is 2.00 bits per heavy atom. The molecule has 106 valence electrons. The molecule has 1 aliphatic rings. The molecule has 0 spiro atoms. The molecule has 0 saturated carbocycles. The predicted octanol–water partition coefficient (Wildman–Crippen LogP) is 0.937. The Labute approximate surface area is 118 Å². The van der Waals surface area contributed by atoms with Crippen LogP contribution in [0.2, 0.25) is 0 Å². The van der Waals surface area contributed by atoms with Crippen molar-refractivity contribution in [3.63, 3.8) is 0 Å². The summed E-state index contributed by atoms with van der Waals surface area (Å²) in [5.74, 6) is 0. The molecule has 0 bridgehead atoms. The maximum atomic E-state index is 10.8. The smallest absolute Gasteiger partial charge is 0.151 e. The van der Waals surface area contributed by atoms with Crippen LogP contribution >= 0.6 is 0 Å². The highest BCUT2D eigenvalue weighted by Crippen LogP contribution is 2.08. The topological polar surface area (TPSA) is 40.9 Å². The molecule has 5 heteroatoms. The third kappa shape index (κ3) is 2.89. The van der Waals surface area contributed by atoms with Crippen molar-refractivity contribution < 1.29 is 4.79 Å². The lowest BCUT2D eigenvalue weighted by Crippen LogP contribution is -2.45. The molecule has 0 amide bonds. The summed E-state index contributed by atoms with van der Waals surface area (Å²) >= 11 is 0. The fourth-order valence-electron chi connectivity index (χ4n) is 2.60. The van der Waals surface area contributed by atoms with Crippen LogP contribution in [0.4, 0.5) is 0 Å². The number of nitrogens with zero attached hydrogens (tertiary/aromatic N) is 4. The average Bonchev–Trinajstić information content (AvgIpc) is 2.88. The molecule has 2 aromatic rings. The summed E-state index contributed by atoms with van der Waals surface area (Å²) in [5.41, 5.74) is 2.68. The number of aldehydes is 1. The molecule has 1 fully saturated rings. The number of aromatic nitrogens is 2. The van der Waals surface area contributed by atoms with Crippen LogP contribution in [0.5, 0.6) is 0 Å². The van der Waals surface area contributed by atoms with Crippen LogP contribution in [0.1, 0.15) is 16.1 Å². The van der Waals surface area contributed by atoms with Crippen LogP contribution < -0.4 is 0 Å². The molecule has 0 radical (unpaired) electrons. The lowest BCUT2D eigenvalue weighted by Gasteiger charge is -2.32. The van der Waals surface area contributed by atoms with Crippen LogP contribution in [-0.2, 0) is 6.42 Å².